The lowest BCUT2D eigenvalue weighted by atomic mass is 9.92. The van der Waals surface area contributed by atoms with Gasteiger partial charge in [0.15, 0.2) is 0 Å². The van der Waals surface area contributed by atoms with Crippen LogP contribution in [0.15, 0.2) is 47.8 Å². The van der Waals surface area contributed by atoms with Crippen LogP contribution in [0.25, 0.3) is 11.3 Å². The van der Waals surface area contributed by atoms with Crippen molar-refractivity contribution in [2.45, 2.75) is 25.8 Å². The number of hydrogen-bond donors (Lipinski definition) is 1. The van der Waals surface area contributed by atoms with Crippen molar-refractivity contribution in [2.75, 3.05) is 18.0 Å². The lowest BCUT2D eigenvalue weighted by molar-refractivity contribution is -0.134. The average molecular weight is 465 g/mol. The number of imide groups is 1. The van der Waals surface area contributed by atoms with Crippen molar-refractivity contribution in [1.29, 1.82) is 0 Å². The first-order chi connectivity index (χ1) is 15.8. The summed E-state index contributed by atoms with van der Waals surface area (Å²) in [4.78, 5) is 45.8. The fourth-order valence-corrected chi connectivity index (χ4v) is 4.98. The van der Waals surface area contributed by atoms with Gasteiger partial charge in [0.1, 0.15) is 17.9 Å². The fraction of sp³-hybridized carbons (Fsp3) is 0.250. The molecule has 0 unspecified atom stereocenters. The predicted molar refractivity (Wildman–Crippen MR) is 122 cm³/mol. The minimum atomic E-state index is -1.35. The number of nitrogens with one attached hydrogen (secondary N) is 1. The van der Waals surface area contributed by atoms with E-state index in [4.69, 9.17) is 0 Å². The summed E-state index contributed by atoms with van der Waals surface area (Å²) in [7, 11) is 0. The van der Waals surface area contributed by atoms with E-state index in [0.29, 0.717) is 18.5 Å². The SMILES string of the molecule is Cc1nc(-c2ccc3c(c2)CCN3C(=O)CN2C(=O)N[C@@](C)(c3ccc(F)cc3)C2=O)cs1. The Morgan fingerprint density at radius 3 is 2.67 bits per heavy atom. The van der Waals surface area contributed by atoms with Crippen LogP contribution in [-0.2, 0) is 21.5 Å². The van der Waals surface area contributed by atoms with E-state index in [9.17, 15) is 18.8 Å². The highest BCUT2D eigenvalue weighted by atomic mass is 32.1. The molecule has 9 heteroatoms. The van der Waals surface area contributed by atoms with Gasteiger partial charge < -0.3 is 10.2 Å². The van der Waals surface area contributed by atoms with Crippen LogP contribution >= 0.6 is 11.3 Å². The normalized spacial score (nSPS) is 19.7. The maximum Gasteiger partial charge on any atom is 0.325 e. The Hall–Kier alpha value is -3.59. The number of aryl methyl sites for hydroxylation is 1. The molecule has 0 spiro atoms. The Bertz CT molecular complexity index is 1290. The number of thiazole rings is 1. The first-order valence-electron chi connectivity index (χ1n) is 10.5. The van der Waals surface area contributed by atoms with E-state index >= 15 is 0 Å². The second-order valence-electron chi connectivity index (χ2n) is 8.34. The molecule has 1 atom stereocenters. The van der Waals surface area contributed by atoms with Gasteiger partial charge in [-0.2, -0.15) is 0 Å². The van der Waals surface area contributed by atoms with Crippen molar-refractivity contribution in [3.8, 4) is 11.3 Å². The molecule has 1 saturated heterocycles. The van der Waals surface area contributed by atoms with E-state index < -0.39 is 23.3 Å². The van der Waals surface area contributed by atoms with E-state index in [0.717, 1.165) is 32.4 Å². The van der Waals surface area contributed by atoms with E-state index in [2.05, 4.69) is 10.3 Å². The molecule has 0 aliphatic carbocycles. The van der Waals surface area contributed by atoms with Crippen LogP contribution in [0.2, 0.25) is 0 Å². The number of urea groups is 1. The summed E-state index contributed by atoms with van der Waals surface area (Å²) in [6.45, 7) is 3.62. The van der Waals surface area contributed by atoms with Gasteiger partial charge in [0.2, 0.25) is 5.91 Å². The monoisotopic (exact) mass is 464 g/mol. The number of rotatable bonds is 4. The van der Waals surface area contributed by atoms with Gasteiger partial charge in [-0.1, -0.05) is 18.2 Å². The van der Waals surface area contributed by atoms with Crippen molar-refractivity contribution >= 4 is 34.9 Å². The highest BCUT2D eigenvalue weighted by molar-refractivity contribution is 7.09. The molecule has 168 valence electrons. The van der Waals surface area contributed by atoms with Gasteiger partial charge >= 0.3 is 6.03 Å². The van der Waals surface area contributed by atoms with Crippen molar-refractivity contribution in [1.82, 2.24) is 15.2 Å². The molecule has 3 heterocycles. The number of fused-ring (bicyclic) bond motifs is 1. The molecule has 1 fully saturated rings. The molecule has 0 saturated carbocycles. The number of carbonyl (C=O) groups is 3. The van der Waals surface area contributed by atoms with Gasteiger partial charge in [-0.15, -0.1) is 11.3 Å². The minimum absolute atomic E-state index is 0.335. The molecule has 2 aliphatic heterocycles. The first-order valence-corrected chi connectivity index (χ1v) is 11.4. The third-order valence-electron chi connectivity index (χ3n) is 6.18. The van der Waals surface area contributed by atoms with Crippen LogP contribution in [0.4, 0.5) is 14.9 Å². The molecule has 0 bridgehead atoms. The average Bonchev–Trinajstić information content (AvgIpc) is 3.47. The molecule has 3 aromatic rings. The van der Waals surface area contributed by atoms with Crippen LogP contribution in [-0.4, -0.2) is 40.8 Å². The van der Waals surface area contributed by atoms with Crippen molar-refractivity contribution in [3.63, 3.8) is 0 Å². The second kappa shape index (κ2) is 7.77. The number of amides is 4. The summed E-state index contributed by atoms with van der Waals surface area (Å²) in [6, 6.07) is 10.6. The van der Waals surface area contributed by atoms with Crippen molar-refractivity contribution in [2.24, 2.45) is 0 Å². The quantitative estimate of drug-likeness (QED) is 0.598. The number of benzene rings is 2. The zero-order valence-electron chi connectivity index (χ0n) is 18.1. The summed E-state index contributed by atoms with van der Waals surface area (Å²) < 4.78 is 13.3. The molecule has 2 aliphatic rings. The molecule has 1 N–H and O–H groups in total. The van der Waals surface area contributed by atoms with Gasteiger partial charge in [-0.3, -0.25) is 14.5 Å². The van der Waals surface area contributed by atoms with Gasteiger partial charge in [-0.05, 0) is 55.7 Å². The highest BCUT2D eigenvalue weighted by Crippen LogP contribution is 2.34. The van der Waals surface area contributed by atoms with Crippen LogP contribution in [0, 0.1) is 12.7 Å². The van der Waals surface area contributed by atoms with Crippen LogP contribution in [0.3, 0.4) is 0 Å². The Balaban J connectivity index is 1.34. The molecular formula is C24H21FN4O3S. The maximum atomic E-state index is 13.3. The first kappa shape index (κ1) is 21.3. The summed E-state index contributed by atoms with van der Waals surface area (Å²) in [5.74, 6) is -1.31. The lowest BCUT2D eigenvalue weighted by Crippen LogP contribution is -2.44. The van der Waals surface area contributed by atoms with E-state index in [1.165, 1.54) is 24.3 Å². The van der Waals surface area contributed by atoms with Gasteiger partial charge in [0.05, 0.1) is 10.7 Å². The summed E-state index contributed by atoms with van der Waals surface area (Å²) in [6.07, 6.45) is 0.686. The van der Waals surface area contributed by atoms with Crippen LogP contribution in [0.1, 0.15) is 23.1 Å². The Kier molecular flexibility index (Phi) is 5.01. The maximum absolute atomic E-state index is 13.3. The number of hydrogen-bond acceptors (Lipinski definition) is 5. The van der Waals surface area contributed by atoms with Crippen molar-refractivity contribution < 1.29 is 18.8 Å². The third-order valence-corrected chi connectivity index (χ3v) is 6.95. The van der Waals surface area contributed by atoms with Gasteiger partial charge in [0.25, 0.3) is 5.91 Å². The molecule has 33 heavy (non-hydrogen) atoms. The Labute approximate surface area is 193 Å². The smallest absolute Gasteiger partial charge is 0.319 e. The van der Waals surface area contributed by atoms with Gasteiger partial charge in [-0.25, -0.2) is 14.2 Å². The zero-order chi connectivity index (χ0) is 23.3. The summed E-state index contributed by atoms with van der Waals surface area (Å²) in [5, 5.41) is 5.64. The summed E-state index contributed by atoms with van der Waals surface area (Å²) >= 11 is 1.59. The molecule has 5 rings (SSSR count). The molecule has 1 aromatic heterocycles. The molecule has 0 radical (unpaired) electrons. The lowest BCUT2D eigenvalue weighted by Gasteiger charge is -2.23. The second-order valence-corrected chi connectivity index (χ2v) is 9.41. The molecular weight excluding hydrogens is 443 g/mol. The molecule has 7 nitrogen and oxygen atoms in total. The summed E-state index contributed by atoms with van der Waals surface area (Å²) in [5.41, 5.74) is 2.81. The third kappa shape index (κ3) is 3.58. The Morgan fingerprint density at radius 1 is 1.21 bits per heavy atom. The van der Waals surface area contributed by atoms with E-state index in [1.807, 2.05) is 30.5 Å². The van der Waals surface area contributed by atoms with Crippen LogP contribution in [0.5, 0.6) is 0 Å². The van der Waals surface area contributed by atoms with Crippen molar-refractivity contribution in [3.05, 3.63) is 69.8 Å². The molecule has 4 amide bonds. The Morgan fingerprint density at radius 2 is 1.97 bits per heavy atom. The largest absolute Gasteiger partial charge is 0.325 e. The number of nitrogens with zero attached hydrogens (tertiary/aromatic N) is 3. The topological polar surface area (TPSA) is 82.6 Å². The minimum Gasteiger partial charge on any atom is -0.319 e. The standard InChI is InChI=1S/C24H21FN4O3S/c1-14-26-19(13-33-14)15-3-8-20-16(11-15)9-10-28(20)21(30)12-29-22(31)24(2,27-23(29)32)17-4-6-18(25)7-5-17/h3-8,11,13H,9-10,12H2,1-2H3,(H,27,32)/t24-/m0/s1. The van der Waals surface area contributed by atoms with Crippen LogP contribution < -0.4 is 10.2 Å². The number of aromatic nitrogens is 1. The number of halogens is 1. The van der Waals surface area contributed by atoms with E-state index in [1.54, 1.807) is 23.2 Å². The molecule has 2 aromatic carbocycles. The van der Waals surface area contributed by atoms with Gasteiger partial charge in [0, 0.05) is 23.2 Å². The number of anilines is 1. The number of carbonyl (C=O) groups excluding carboxylic acids is 3. The van der Waals surface area contributed by atoms with E-state index in [-0.39, 0.29) is 12.5 Å². The highest BCUT2D eigenvalue weighted by Gasteiger charge is 2.50. The predicted octanol–water partition coefficient (Wildman–Crippen LogP) is 3.61. The zero-order valence-corrected chi connectivity index (χ0v) is 18.9. The fourth-order valence-electron chi connectivity index (χ4n) is 4.36.